The van der Waals surface area contributed by atoms with E-state index in [2.05, 4.69) is 51.8 Å². The average molecular weight is 422 g/mol. The standard InChI is InChI=1S/C27H35NO3/c1-6-17(2)14-18(3)15-20(5)26-19(4)12-13-23(31-26)24-25(29)22(16-28-27(24)30)21-10-8-7-9-11-21/h7-12,15-18,23,26H,6,13-14H2,1-5H3,(H2,28,29,30)/b20-15+/t17-,18+,23+,26-/m0/s1. The third-order valence-electron chi connectivity index (χ3n) is 6.31. The molecule has 3 rings (SSSR count). The molecular weight excluding hydrogens is 386 g/mol. The van der Waals surface area contributed by atoms with Gasteiger partial charge in [0.15, 0.2) is 0 Å². The highest BCUT2D eigenvalue weighted by Gasteiger charge is 2.30. The third-order valence-corrected chi connectivity index (χ3v) is 6.31. The molecule has 1 aliphatic heterocycles. The highest BCUT2D eigenvalue weighted by Crippen LogP contribution is 2.39. The van der Waals surface area contributed by atoms with Crippen molar-refractivity contribution in [3.63, 3.8) is 0 Å². The lowest BCUT2D eigenvalue weighted by molar-refractivity contribution is 0.0137. The summed E-state index contributed by atoms with van der Waals surface area (Å²) in [6.07, 6.45) is 8.20. The average Bonchev–Trinajstić information content (AvgIpc) is 2.75. The second-order valence-electron chi connectivity index (χ2n) is 8.99. The number of hydrogen-bond donors (Lipinski definition) is 2. The fraction of sp³-hybridized carbons (Fsp3) is 0.444. The van der Waals surface area contributed by atoms with E-state index in [0.29, 0.717) is 29.4 Å². The number of aromatic hydroxyl groups is 1. The monoisotopic (exact) mass is 421 g/mol. The molecule has 0 spiro atoms. The van der Waals surface area contributed by atoms with Crippen molar-refractivity contribution in [2.24, 2.45) is 11.8 Å². The van der Waals surface area contributed by atoms with Gasteiger partial charge in [-0.3, -0.25) is 4.79 Å². The number of ether oxygens (including phenoxy) is 1. The maximum atomic E-state index is 12.7. The van der Waals surface area contributed by atoms with Crippen LogP contribution in [0, 0.1) is 11.8 Å². The normalized spacial score (nSPS) is 21.5. The van der Waals surface area contributed by atoms with Crippen molar-refractivity contribution < 1.29 is 9.84 Å². The summed E-state index contributed by atoms with van der Waals surface area (Å²) in [4.78, 5) is 15.5. The van der Waals surface area contributed by atoms with Crippen molar-refractivity contribution in [3.05, 3.63) is 75.7 Å². The smallest absolute Gasteiger partial charge is 0.257 e. The lowest BCUT2D eigenvalue weighted by Gasteiger charge is -2.31. The molecule has 0 bridgehead atoms. The molecule has 2 heterocycles. The topological polar surface area (TPSA) is 62.3 Å². The fourth-order valence-electron chi connectivity index (χ4n) is 4.46. The quantitative estimate of drug-likeness (QED) is 0.499. The van der Waals surface area contributed by atoms with Crippen LogP contribution in [0.3, 0.4) is 0 Å². The maximum absolute atomic E-state index is 12.7. The molecule has 0 unspecified atom stereocenters. The summed E-state index contributed by atoms with van der Waals surface area (Å²) in [5.74, 6) is 1.15. The zero-order chi connectivity index (χ0) is 22.5. The Morgan fingerprint density at radius 1 is 1.29 bits per heavy atom. The van der Waals surface area contributed by atoms with Crippen LogP contribution in [0.1, 0.15) is 65.5 Å². The van der Waals surface area contributed by atoms with Gasteiger partial charge in [0.05, 0.1) is 17.8 Å². The van der Waals surface area contributed by atoms with Gasteiger partial charge < -0.3 is 14.8 Å². The minimum Gasteiger partial charge on any atom is -0.507 e. The van der Waals surface area contributed by atoms with Crippen molar-refractivity contribution in [2.75, 3.05) is 0 Å². The number of aromatic amines is 1. The van der Waals surface area contributed by atoms with Gasteiger partial charge >= 0.3 is 0 Å². The van der Waals surface area contributed by atoms with Crippen LogP contribution in [0.25, 0.3) is 11.1 Å². The molecule has 4 heteroatoms. The second kappa shape index (κ2) is 10.1. The number of pyridine rings is 1. The summed E-state index contributed by atoms with van der Waals surface area (Å²) in [6, 6.07) is 9.57. The molecule has 1 aromatic carbocycles. The van der Waals surface area contributed by atoms with E-state index in [4.69, 9.17) is 4.74 Å². The number of nitrogens with one attached hydrogen (secondary N) is 1. The Labute approximate surface area is 185 Å². The third kappa shape index (κ3) is 5.37. The van der Waals surface area contributed by atoms with Gasteiger partial charge in [0.1, 0.15) is 5.75 Å². The van der Waals surface area contributed by atoms with E-state index in [9.17, 15) is 9.90 Å². The van der Waals surface area contributed by atoms with Crippen LogP contribution in [0.2, 0.25) is 0 Å². The largest absolute Gasteiger partial charge is 0.507 e. The molecule has 31 heavy (non-hydrogen) atoms. The first-order chi connectivity index (χ1) is 14.8. The summed E-state index contributed by atoms with van der Waals surface area (Å²) in [7, 11) is 0. The Balaban J connectivity index is 1.89. The lowest BCUT2D eigenvalue weighted by atomic mass is 9.90. The molecule has 0 fully saturated rings. The molecular formula is C27H35NO3. The van der Waals surface area contributed by atoms with Gasteiger partial charge in [-0.05, 0) is 55.2 Å². The molecule has 4 nitrogen and oxygen atoms in total. The summed E-state index contributed by atoms with van der Waals surface area (Å²) in [5.41, 5.74) is 3.76. The Morgan fingerprint density at radius 3 is 2.68 bits per heavy atom. The maximum Gasteiger partial charge on any atom is 0.257 e. The van der Waals surface area contributed by atoms with Crippen LogP contribution in [0.5, 0.6) is 5.75 Å². The number of allylic oxidation sites excluding steroid dienone is 1. The van der Waals surface area contributed by atoms with Crippen molar-refractivity contribution in [3.8, 4) is 16.9 Å². The van der Waals surface area contributed by atoms with Gasteiger partial charge in [-0.25, -0.2) is 0 Å². The molecule has 0 radical (unpaired) electrons. The van der Waals surface area contributed by atoms with Crippen molar-refractivity contribution in [1.82, 2.24) is 4.98 Å². The highest BCUT2D eigenvalue weighted by molar-refractivity contribution is 5.70. The molecule has 0 saturated carbocycles. The van der Waals surface area contributed by atoms with Crippen LogP contribution in [-0.4, -0.2) is 16.2 Å². The van der Waals surface area contributed by atoms with Gasteiger partial charge in [0.25, 0.3) is 5.56 Å². The van der Waals surface area contributed by atoms with E-state index in [1.807, 2.05) is 30.3 Å². The number of rotatable bonds is 7. The van der Waals surface area contributed by atoms with E-state index in [0.717, 1.165) is 23.1 Å². The van der Waals surface area contributed by atoms with E-state index >= 15 is 0 Å². The number of aromatic nitrogens is 1. The summed E-state index contributed by atoms with van der Waals surface area (Å²) >= 11 is 0. The fourth-order valence-corrected chi connectivity index (χ4v) is 4.46. The molecule has 2 aromatic rings. The zero-order valence-electron chi connectivity index (χ0n) is 19.3. The van der Waals surface area contributed by atoms with Crippen LogP contribution in [0.4, 0.5) is 0 Å². The minimum atomic E-state index is -0.491. The predicted octanol–water partition coefficient (Wildman–Crippen LogP) is 6.54. The minimum absolute atomic E-state index is 0.00146. The SMILES string of the molecule is CC[C@H](C)C[C@@H](C)/C=C(\C)[C@H]1O[C@@H](c2c(O)c(-c3ccccc3)c[nH]c2=O)CC=C1C. The first-order valence-corrected chi connectivity index (χ1v) is 11.3. The number of benzene rings is 1. The predicted molar refractivity (Wildman–Crippen MR) is 127 cm³/mol. The molecule has 166 valence electrons. The molecule has 4 atom stereocenters. The first-order valence-electron chi connectivity index (χ1n) is 11.3. The van der Waals surface area contributed by atoms with E-state index in [1.54, 1.807) is 6.20 Å². The van der Waals surface area contributed by atoms with Crippen molar-refractivity contribution in [2.45, 2.75) is 66.1 Å². The Morgan fingerprint density at radius 2 is 2.00 bits per heavy atom. The van der Waals surface area contributed by atoms with E-state index in [-0.39, 0.29) is 17.4 Å². The summed E-state index contributed by atoms with van der Waals surface area (Å²) in [5, 5.41) is 11.0. The summed E-state index contributed by atoms with van der Waals surface area (Å²) in [6.45, 7) is 10.9. The van der Waals surface area contributed by atoms with Gasteiger partial charge in [-0.15, -0.1) is 0 Å². The van der Waals surface area contributed by atoms with Crippen LogP contribution in [-0.2, 0) is 4.74 Å². The highest BCUT2D eigenvalue weighted by atomic mass is 16.5. The summed E-state index contributed by atoms with van der Waals surface area (Å²) < 4.78 is 6.41. The van der Waals surface area contributed by atoms with Gasteiger partial charge in [0.2, 0.25) is 0 Å². The molecule has 1 aliphatic rings. The second-order valence-corrected chi connectivity index (χ2v) is 8.99. The lowest BCUT2D eigenvalue weighted by Crippen LogP contribution is -2.27. The van der Waals surface area contributed by atoms with E-state index < -0.39 is 6.10 Å². The van der Waals surface area contributed by atoms with Crippen molar-refractivity contribution in [1.29, 1.82) is 0 Å². The van der Waals surface area contributed by atoms with Crippen LogP contribution >= 0.6 is 0 Å². The Bertz CT molecular complexity index is 1000. The molecule has 1 aromatic heterocycles. The molecule has 2 N–H and O–H groups in total. The van der Waals surface area contributed by atoms with Gasteiger partial charge in [-0.1, -0.05) is 69.7 Å². The number of hydrogen-bond acceptors (Lipinski definition) is 3. The van der Waals surface area contributed by atoms with E-state index in [1.165, 1.54) is 6.42 Å². The van der Waals surface area contributed by atoms with Crippen molar-refractivity contribution >= 4 is 0 Å². The van der Waals surface area contributed by atoms with Crippen LogP contribution in [0.15, 0.2) is 64.6 Å². The zero-order valence-corrected chi connectivity index (χ0v) is 19.3. The molecule has 0 aliphatic carbocycles. The van der Waals surface area contributed by atoms with Gasteiger partial charge in [-0.2, -0.15) is 0 Å². The Hall–Kier alpha value is -2.59. The Kier molecular flexibility index (Phi) is 7.55. The van der Waals surface area contributed by atoms with Crippen LogP contribution < -0.4 is 5.56 Å². The first kappa shape index (κ1) is 23.1. The molecule has 0 saturated heterocycles. The molecule has 0 amide bonds. The number of H-pyrrole nitrogens is 1. The van der Waals surface area contributed by atoms with Gasteiger partial charge in [0, 0.05) is 11.8 Å².